The summed E-state index contributed by atoms with van der Waals surface area (Å²) in [6, 6.07) is 7.34. The molecule has 0 amide bonds. The maximum Gasteiger partial charge on any atom is 0.263 e. The zero-order chi connectivity index (χ0) is 16.9. The molecule has 2 aromatic heterocycles. The standard InChI is InChI=1S/C12H13N9O3/c1-22-8-4-2-7(3-5-8)6-21(12-10(14)17-24-19-12)20-15-11-9(13)16-23-18-11/h2-5H,6H2,1H3,(H2,13,16)(H2,14,17). The first-order chi connectivity index (χ1) is 11.7. The summed E-state index contributed by atoms with van der Waals surface area (Å²) in [5, 5.41) is 23.4. The fourth-order valence-electron chi connectivity index (χ4n) is 1.78. The van der Waals surface area contributed by atoms with Crippen LogP contribution in [0.4, 0.5) is 23.3 Å². The van der Waals surface area contributed by atoms with Gasteiger partial charge in [0.15, 0.2) is 0 Å². The molecule has 0 spiro atoms. The summed E-state index contributed by atoms with van der Waals surface area (Å²) in [7, 11) is 1.59. The summed E-state index contributed by atoms with van der Waals surface area (Å²) >= 11 is 0. The Bertz CT molecular complexity index is 826. The smallest absolute Gasteiger partial charge is 0.263 e. The molecule has 12 heteroatoms. The molecule has 124 valence electrons. The molecule has 0 aliphatic heterocycles. The quantitative estimate of drug-likeness (QED) is 0.496. The zero-order valence-electron chi connectivity index (χ0n) is 12.5. The summed E-state index contributed by atoms with van der Waals surface area (Å²) in [6.07, 6.45) is 0. The summed E-state index contributed by atoms with van der Waals surface area (Å²) in [5.41, 5.74) is 12.1. The molecule has 1 aromatic carbocycles. The number of nitrogens with two attached hydrogens (primary N) is 2. The number of methoxy groups -OCH3 is 1. The molecule has 24 heavy (non-hydrogen) atoms. The lowest BCUT2D eigenvalue weighted by Gasteiger charge is -2.14. The van der Waals surface area contributed by atoms with E-state index >= 15 is 0 Å². The van der Waals surface area contributed by atoms with Gasteiger partial charge in [-0.15, -0.1) is 5.11 Å². The number of nitrogen functional groups attached to an aromatic ring is 2. The van der Waals surface area contributed by atoms with E-state index in [1.54, 1.807) is 7.11 Å². The van der Waals surface area contributed by atoms with Gasteiger partial charge in [-0.05, 0) is 38.3 Å². The Morgan fingerprint density at radius 2 is 1.75 bits per heavy atom. The van der Waals surface area contributed by atoms with Crippen LogP contribution in [-0.2, 0) is 6.54 Å². The largest absolute Gasteiger partial charge is 0.497 e. The highest BCUT2D eigenvalue weighted by Gasteiger charge is 2.17. The first-order valence-corrected chi connectivity index (χ1v) is 6.65. The van der Waals surface area contributed by atoms with Gasteiger partial charge in [-0.1, -0.05) is 17.4 Å². The van der Waals surface area contributed by atoms with E-state index in [0.29, 0.717) is 0 Å². The van der Waals surface area contributed by atoms with E-state index < -0.39 is 0 Å². The zero-order valence-corrected chi connectivity index (χ0v) is 12.5. The van der Waals surface area contributed by atoms with Crippen LogP contribution >= 0.6 is 0 Å². The second kappa shape index (κ2) is 6.60. The number of hydrogen-bond acceptors (Lipinski definition) is 11. The maximum absolute atomic E-state index is 5.72. The first kappa shape index (κ1) is 15.2. The van der Waals surface area contributed by atoms with Crippen LogP contribution in [0.3, 0.4) is 0 Å². The van der Waals surface area contributed by atoms with E-state index in [1.807, 2.05) is 24.3 Å². The Balaban J connectivity index is 1.86. The fourth-order valence-corrected chi connectivity index (χ4v) is 1.78. The number of hydrogen-bond donors (Lipinski definition) is 2. The predicted molar refractivity (Wildman–Crippen MR) is 81.1 cm³/mol. The van der Waals surface area contributed by atoms with Crippen LogP contribution in [0.15, 0.2) is 43.9 Å². The van der Waals surface area contributed by atoms with Gasteiger partial charge in [0, 0.05) is 0 Å². The Labute approximate surface area is 135 Å². The monoisotopic (exact) mass is 331 g/mol. The summed E-state index contributed by atoms with van der Waals surface area (Å²) in [6.45, 7) is 0.289. The van der Waals surface area contributed by atoms with Gasteiger partial charge < -0.3 is 16.2 Å². The van der Waals surface area contributed by atoms with Gasteiger partial charge in [0.25, 0.3) is 5.82 Å². The van der Waals surface area contributed by atoms with E-state index in [9.17, 15) is 0 Å². The number of benzene rings is 1. The van der Waals surface area contributed by atoms with Crippen molar-refractivity contribution in [3.63, 3.8) is 0 Å². The van der Waals surface area contributed by atoms with Crippen molar-refractivity contribution in [3.8, 4) is 5.75 Å². The van der Waals surface area contributed by atoms with Crippen molar-refractivity contribution in [3.05, 3.63) is 29.8 Å². The second-order valence-corrected chi connectivity index (χ2v) is 4.54. The minimum atomic E-state index is 0.00870. The van der Waals surface area contributed by atoms with Crippen LogP contribution in [0, 0.1) is 0 Å². The van der Waals surface area contributed by atoms with E-state index in [4.69, 9.17) is 16.2 Å². The van der Waals surface area contributed by atoms with Crippen molar-refractivity contribution in [2.24, 2.45) is 10.3 Å². The molecule has 0 saturated carbocycles. The van der Waals surface area contributed by atoms with Crippen LogP contribution in [0.25, 0.3) is 0 Å². The molecule has 0 bridgehead atoms. The van der Waals surface area contributed by atoms with Crippen molar-refractivity contribution in [2.75, 3.05) is 23.6 Å². The minimum absolute atomic E-state index is 0.00870. The van der Waals surface area contributed by atoms with Gasteiger partial charge in [-0.2, -0.15) is 0 Å². The van der Waals surface area contributed by atoms with Crippen LogP contribution in [-0.4, -0.2) is 27.7 Å². The average Bonchev–Trinajstić information content (AvgIpc) is 3.20. The molecule has 0 atom stereocenters. The van der Waals surface area contributed by atoms with Gasteiger partial charge >= 0.3 is 0 Å². The van der Waals surface area contributed by atoms with Gasteiger partial charge in [-0.25, -0.2) is 14.3 Å². The molecule has 0 radical (unpaired) electrons. The van der Waals surface area contributed by atoms with Crippen LogP contribution in [0.5, 0.6) is 5.75 Å². The lowest BCUT2D eigenvalue weighted by molar-refractivity contribution is 0.308. The normalized spacial score (nSPS) is 11.0. The fraction of sp³-hybridized carbons (Fsp3) is 0.167. The minimum Gasteiger partial charge on any atom is -0.497 e. The van der Waals surface area contributed by atoms with Gasteiger partial charge in [0.05, 0.1) is 13.7 Å². The maximum atomic E-state index is 5.72. The molecule has 2 heterocycles. The highest BCUT2D eigenvalue weighted by molar-refractivity contribution is 5.56. The van der Waals surface area contributed by atoms with Crippen LogP contribution in [0.2, 0.25) is 0 Å². The molecule has 3 rings (SSSR count). The summed E-state index contributed by atoms with van der Waals surface area (Å²) in [4.78, 5) is 0. The highest BCUT2D eigenvalue weighted by atomic mass is 16.6. The van der Waals surface area contributed by atoms with Gasteiger partial charge in [0.2, 0.25) is 17.5 Å². The van der Waals surface area contributed by atoms with E-state index in [-0.39, 0.29) is 29.8 Å². The molecular formula is C12H13N9O3. The first-order valence-electron chi connectivity index (χ1n) is 6.65. The molecule has 0 unspecified atom stereocenters. The third-order valence-corrected chi connectivity index (χ3v) is 2.97. The van der Waals surface area contributed by atoms with Crippen molar-refractivity contribution in [1.82, 2.24) is 20.6 Å². The molecule has 0 saturated heterocycles. The number of nitrogens with zero attached hydrogens (tertiary/aromatic N) is 7. The second-order valence-electron chi connectivity index (χ2n) is 4.54. The molecule has 3 aromatic rings. The molecule has 4 N–H and O–H groups in total. The predicted octanol–water partition coefficient (Wildman–Crippen LogP) is 1.33. The van der Waals surface area contributed by atoms with Crippen molar-refractivity contribution >= 4 is 23.3 Å². The molecule has 0 aliphatic rings. The molecular weight excluding hydrogens is 318 g/mol. The Morgan fingerprint density at radius 3 is 2.33 bits per heavy atom. The molecule has 0 aliphatic carbocycles. The van der Waals surface area contributed by atoms with E-state index in [2.05, 4.69) is 40.2 Å². The van der Waals surface area contributed by atoms with Crippen molar-refractivity contribution in [1.29, 1.82) is 0 Å². The molecule has 0 fully saturated rings. The Hall–Kier alpha value is -3.70. The number of aromatic nitrogens is 4. The topological polar surface area (TPSA) is 167 Å². The van der Waals surface area contributed by atoms with Crippen LogP contribution < -0.4 is 21.2 Å². The summed E-state index contributed by atoms with van der Waals surface area (Å²) in [5.74, 6) is 1.04. The van der Waals surface area contributed by atoms with Crippen LogP contribution in [0.1, 0.15) is 5.56 Å². The number of ether oxygens (including phenoxy) is 1. The Kier molecular flexibility index (Phi) is 4.18. The third-order valence-electron chi connectivity index (χ3n) is 2.97. The third kappa shape index (κ3) is 3.21. The SMILES string of the molecule is COc1ccc(CN(N=Nc2nonc2N)c2nonc2N)cc1. The lowest BCUT2D eigenvalue weighted by atomic mass is 10.2. The summed E-state index contributed by atoms with van der Waals surface area (Å²) < 4.78 is 14.2. The average molecular weight is 331 g/mol. The van der Waals surface area contributed by atoms with E-state index in [1.165, 1.54) is 5.01 Å². The highest BCUT2D eigenvalue weighted by Crippen LogP contribution is 2.24. The number of anilines is 3. The van der Waals surface area contributed by atoms with Crippen molar-refractivity contribution in [2.45, 2.75) is 6.54 Å². The number of rotatable bonds is 6. The van der Waals surface area contributed by atoms with Crippen molar-refractivity contribution < 1.29 is 14.0 Å². The Morgan fingerprint density at radius 1 is 1.04 bits per heavy atom. The van der Waals surface area contributed by atoms with E-state index in [0.717, 1.165) is 11.3 Å². The van der Waals surface area contributed by atoms with Gasteiger partial charge in [-0.3, -0.25) is 0 Å². The molecule has 12 nitrogen and oxygen atoms in total. The lowest BCUT2D eigenvalue weighted by Crippen LogP contribution is -2.16. The van der Waals surface area contributed by atoms with Gasteiger partial charge in [0.1, 0.15) is 5.75 Å².